The van der Waals surface area contributed by atoms with Crippen molar-refractivity contribution in [2.24, 2.45) is 0 Å². The summed E-state index contributed by atoms with van der Waals surface area (Å²) >= 11 is 0. The Bertz CT molecular complexity index is 406. The van der Waals surface area contributed by atoms with Gasteiger partial charge in [-0.25, -0.2) is 5.01 Å². The predicted molar refractivity (Wildman–Crippen MR) is 78.4 cm³/mol. The summed E-state index contributed by atoms with van der Waals surface area (Å²) in [7, 11) is 4.89. The van der Waals surface area contributed by atoms with Crippen LogP contribution in [0.1, 0.15) is 24.8 Å². The van der Waals surface area contributed by atoms with Crippen molar-refractivity contribution in [3.63, 3.8) is 0 Å². The van der Waals surface area contributed by atoms with Gasteiger partial charge in [-0.15, -0.1) is 0 Å². The summed E-state index contributed by atoms with van der Waals surface area (Å²) in [5.74, 6) is 2.03. The molecular formula is C15H24N2O3. The highest BCUT2D eigenvalue weighted by Gasteiger charge is 2.14. The van der Waals surface area contributed by atoms with Crippen molar-refractivity contribution < 1.29 is 14.2 Å². The number of hydrogen-bond donors (Lipinski definition) is 1. The Hall–Kier alpha value is -1.46. The van der Waals surface area contributed by atoms with E-state index in [9.17, 15) is 0 Å². The number of piperidine rings is 1. The average molecular weight is 280 g/mol. The molecule has 1 heterocycles. The Kier molecular flexibility index (Phi) is 5.49. The van der Waals surface area contributed by atoms with Crippen LogP contribution in [0.25, 0.3) is 0 Å². The van der Waals surface area contributed by atoms with Gasteiger partial charge in [-0.05, 0) is 30.5 Å². The van der Waals surface area contributed by atoms with Gasteiger partial charge in [-0.3, -0.25) is 5.43 Å². The number of rotatable bonds is 6. The lowest BCUT2D eigenvalue weighted by atomic mass is 10.1. The lowest BCUT2D eigenvalue weighted by Gasteiger charge is -2.27. The SMILES string of the molecule is COc1cc(CNN2CCCCC2)cc(OC)c1OC. The molecule has 112 valence electrons. The number of benzene rings is 1. The molecule has 0 bridgehead atoms. The molecule has 0 atom stereocenters. The molecule has 5 heteroatoms. The third kappa shape index (κ3) is 3.55. The third-order valence-corrected chi connectivity index (χ3v) is 3.59. The summed E-state index contributed by atoms with van der Waals surface area (Å²) in [6.45, 7) is 2.99. The van der Waals surface area contributed by atoms with Crippen LogP contribution in [0.15, 0.2) is 12.1 Å². The normalized spacial score (nSPS) is 15.9. The molecule has 0 saturated carbocycles. The Morgan fingerprint density at radius 2 is 1.55 bits per heavy atom. The Morgan fingerprint density at radius 3 is 2.05 bits per heavy atom. The van der Waals surface area contributed by atoms with E-state index < -0.39 is 0 Å². The highest BCUT2D eigenvalue weighted by molar-refractivity contribution is 5.53. The van der Waals surface area contributed by atoms with E-state index in [1.165, 1.54) is 19.3 Å². The molecule has 1 fully saturated rings. The number of nitrogens with zero attached hydrogens (tertiary/aromatic N) is 1. The van der Waals surface area contributed by atoms with Gasteiger partial charge < -0.3 is 14.2 Å². The zero-order valence-corrected chi connectivity index (χ0v) is 12.6. The molecule has 1 aliphatic rings. The third-order valence-electron chi connectivity index (χ3n) is 3.59. The molecule has 20 heavy (non-hydrogen) atoms. The standard InChI is InChI=1S/C15H24N2O3/c1-18-13-9-12(10-14(19-2)15(13)20-3)11-16-17-7-5-4-6-8-17/h9-10,16H,4-8,11H2,1-3H3. The van der Waals surface area contributed by atoms with Crippen molar-refractivity contribution in [3.8, 4) is 17.2 Å². The topological polar surface area (TPSA) is 43.0 Å². The highest BCUT2D eigenvalue weighted by atomic mass is 16.5. The second-order valence-corrected chi connectivity index (χ2v) is 4.92. The molecule has 1 aromatic rings. The van der Waals surface area contributed by atoms with E-state index in [4.69, 9.17) is 14.2 Å². The maximum absolute atomic E-state index is 5.36. The summed E-state index contributed by atoms with van der Waals surface area (Å²) in [5.41, 5.74) is 4.58. The molecule has 2 rings (SSSR count). The number of methoxy groups -OCH3 is 3. The van der Waals surface area contributed by atoms with Crippen molar-refractivity contribution in [1.82, 2.24) is 10.4 Å². The summed E-state index contributed by atoms with van der Waals surface area (Å²) in [6, 6.07) is 3.97. The highest BCUT2D eigenvalue weighted by Crippen LogP contribution is 2.38. The first-order valence-electron chi connectivity index (χ1n) is 7.05. The van der Waals surface area contributed by atoms with Crippen LogP contribution < -0.4 is 19.6 Å². The van der Waals surface area contributed by atoms with E-state index in [1.54, 1.807) is 21.3 Å². The van der Waals surface area contributed by atoms with Crippen LogP contribution in [0.5, 0.6) is 17.2 Å². The number of ether oxygens (including phenoxy) is 3. The molecule has 0 unspecified atom stereocenters. The van der Waals surface area contributed by atoms with Gasteiger partial charge >= 0.3 is 0 Å². The van der Waals surface area contributed by atoms with Gasteiger partial charge in [0.05, 0.1) is 21.3 Å². The number of nitrogens with one attached hydrogen (secondary N) is 1. The molecule has 0 amide bonds. The van der Waals surface area contributed by atoms with Crippen LogP contribution in [-0.4, -0.2) is 39.4 Å². The predicted octanol–water partition coefficient (Wildman–Crippen LogP) is 2.20. The molecular weight excluding hydrogens is 256 g/mol. The first-order chi connectivity index (χ1) is 9.78. The van der Waals surface area contributed by atoms with Gasteiger partial charge in [-0.1, -0.05) is 6.42 Å². The van der Waals surface area contributed by atoms with E-state index in [2.05, 4.69) is 10.4 Å². The lowest BCUT2D eigenvalue weighted by Crippen LogP contribution is -2.41. The maximum atomic E-state index is 5.36. The molecule has 1 N–H and O–H groups in total. The van der Waals surface area contributed by atoms with Gasteiger partial charge in [0.25, 0.3) is 0 Å². The quantitative estimate of drug-likeness (QED) is 0.865. The van der Waals surface area contributed by atoms with Gasteiger partial charge in [-0.2, -0.15) is 0 Å². The molecule has 0 aromatic heterocycles. The van der Waals surface area contributed by atoms with Crippen LogP contribution in [0.3, 0.4) is 0 Å². The van der Waals surface area contributed by atoms with E-state index in [-0.39, 0.29) is 0 Å². The summed E-state index contributed by atoms with van der Waals surface area (Å²) < 4.78 is 16.1. The van der Waals surface area contributed by atoms with Gasteiger partial charge in [0.2, 0.25) is 5.75 Å². The molecule has 1 aromatic carbocycles. The van der Waals surface area contributed by atoms with Crippen molar-refractivity contribution in [2.75, 3.05) is 34.4 Å². The number of hydrazine groups is 1. The van der Waals surface area contributed by atoms with Crippen molar-refractivity contribution in [3.05, 3.63) is 17.7 Å². The van der Waals surface area contributed by atoms with E-state index in [0.29, 0.717) is 17.2 Å². The average Bonchev–Trinajstić information content (AvgIpc) is 2.52. The minimum Gasteiger partial charge on any atom is -0.493 e. The number of hydrogen-bond acceptors (Lipinski definition) is 5. The van der Waals surface area contributed by atoms with E-state index in [0.717, 1.165) is 25.2 Å². The maximum Gasteiger partial charge on any atom is 0.203 e. The van der Waals surface area contributed by atoms with Crippen molar-refractivity contribution in [1.29, 1.82) is 0 Å². The fraction of sp³-hybridized carbons (Fsp3) is 0.600. The monoisotopic (exact) mass is 280 g/mol. The molecule has 1 aliphatic heterocycles. The van der Waals surface area contributed by atoms with Gasteiger partial charge in [0, 0.05) is 19.6 Å². The first kappa shape index (κ1) is 14.9. The van der Waals surface area contributed by atoms with Crippen molar-refractivity contribution >= 4 is 0 Å². The van der Waals surface area contributed by atoms with Crippen LogP contribution >= 0.6 is 0 Å². The van der Waals surface area contributed by atoms with E-state index in [1.807, 2.05) is 12.1 Å². The van der Waals surface area contributed by atoms with Crippen LogP contribution in [-0.2, 0) is 6.54 Å². The van der Waals surface area contributed by atoms with Crippen molar-refractivity contribution in [2.45, 2.75) is 25.8 Å². The molecule has 1 saturated heterocycles. The van der Waals surface area contributed by atoms with E-state index >= 15 is 0 Å². The van der Waals surface area contributed by atoms with Crippen LogP contribution in [0.2, 0.25) is 0 Å². The lowest BCUT2D eigenvalue weighted by molar-refractivity contribution is 0.151. The minimum atomic E-state index is 0.636. The Balaban J connectivity index is 2.06. The fourth-order valence-electron chi connectivity index (χ4n) is 2.49. The molecule has 0 aliphatic carbocycles. The summed E-state index contributed by atoms with van der Waals surface area (Å²) in [6.07, 6.45) is 3.87. The molecule has 5 nitrogen and oxygen atoms in total. The fourth-order valence-corrected chi connectivity index (χ4v) is 2.49. The Labute approximate surface area is 120 Å². The second kappa shape index (κ2) is 7.36. The smallest absolute Gasteiger partial charge is 0.203 e. The van der Waals surface area contributed by atoms with Crippen LogP contribution in [0, 0.1) is 0 Å². The first-order valence-corrected chi connectivity index (χ1v) is 7.05. The summed E-state index contributed by atoms with van der Waals surface area (Å²) in [5, 5.41) is 2.28. The largest absolute Gasteiger partial charge is 0.493 e. The minimum absolute atomic E-state index is 0.636. The van der Waals surface area contributed by atoms with Gasteiger partial charge in [0.15, 0.2) is 11.5 Å². The second-order valence-electron chi connectivity index (χ2n) is 4.92. The zero-order valence-electron chi connectivity index (χ0n) is 12.6. The van der Waals surface area contributed by atoms with Crippen LogP contribution in [0.4, 0.5) is 0 Å². The van der Waals surface area contributed by atoms with Gasteiger partial charge in [0.1, 0.15) is 0 Å². The zero-order chi connectivity index (χ0) is 14.4. The molecule has 0 spiro atoms. The Morgan fingerprint density at radius 1 is 0.950 bits per heavy atom. The summed E-state index contributed by atoms with van der Waals surface area (Å²) in [4.78, 5) is 0. The molecule has 0 radical (unpaired) electrons.